The lowest BCUT2D eigenvalue weighted by atomic mass is 9.95. The second-order valence-electron chi connectivity index (χ2n) is 8.58. The Bertz CT molecular complexity index is 934. The highest BCUT2D eigenvalue weighted by Crippen LogP contribution is 2.20. The summed E-state index contributed by atoms with van der Waals surface area (Å²) < 4.78 is 0. The van der Waals surface area contributed by atoms with Gasteiger partial charge in [0.1, 0.15) is 0 Å². The van der Waals surface area contributed by atoms with Crippen LogP contribution in [0.3, 0.4) is 0 Å². The normalized spacial score (nSPS) is 14.3. The van der Waals surface area contributed by atoms with Gasteiger partial charge >= 0.3 is 0 Å². The number of carbonyl (C=O) groups excluding carboxylic acids is 3. The molecule has 0 aromatic heterocycles. The van der Waals surface area contributed by atoms with Gasteiger partial charge in [0.15, 0.2) is 0 Å². The zero-order chi connectivity index (χ0) is 23.1. The average Bonchev–Trinajstić information content (AvgIpc) is 2.79. The highest BCUT2D eigenvalue weighted by Gasteiger charge is 2.27. The molecule has 3 amide bonds. The van der Waals surface area contributed by atoms with Crippen molar-refractivity contribution in [2.45, 2.75) is 33.1 Å². The number of hydrogen-bond acceptors (Lipinski definition) is 3. The Morgan fingerprint density at radius 1 is 0.969 bits per heavy atom. The molecule has 0 unspecified atom stereocenters. The quantitative estimate of drug-likeness (QED) is 0.640. The summed E-state index contributed by atoms with van der Waals surface area (Å²) >= 11 is 5.85. The van der Waals surface area contributed by atoms with Crippen molar-refractivity contribution in [1.82, 2.24) is 10.2 Å². The van der Waals surface area contributed by atoms with Crippen molar-refractivity contribution in [2.75, 3.05) is 25.0 Å². The van der Waals surface area contributed by atoms with Crippen LogP contribution in [-0.4, -0.2) is 42.3 Å². The number of anilines is 1. The topological polar surface area (TPSA) is 78.5 Å². The number of nitrogens with one attached hydrogen (secondary N) is 2. The van der Waals surface area contributed by atoms with E-state index >= 15 is 0 Å². The first-order chi connectivity index (χ1) is 15.3. The maximum atomic E-state index is 12.8. The minimum Gasteiger partial charge on any atom is -0.356 e. The molecule has 170 valence electrons. The summed E-state index contributed by atoms with van der Waals surface area (Å²) in [7, 11) is 0. The first kappa shape index (κ1) is 23.8. The van der Waals surface area contributed by atoms with Crippen LogP contribution in [0.15, 0.2) is 48.5 Å². The second-order valence-corrected chi connectivity index (χ2v) is 9.01. The van der Waals surface area contributed by atoms with E-state index in [1.54, 1.807) is 53.4 Å². The van der Waals surface area contributed by atoms with Crippen molar-refractivity contribution in [3.63, 3.8) is 0 Å². The summed E-state index contributed by atoms with van der Waals surface area (Å²) in [6.45, 7) is 6.11. The Morgan fingerprint density at radius 3 is 2.16 bits per heavy atom. The molecule has 0 spiro atoms. The molecule has 0 atom stereocenters. The van der Waals surface area contributed by atoms with E-state index in [0.717, 1.165) is 6.42 Å². The van der Waals surface area contributed by atoms with E-state index in [-0.39, 0.29) is 23.6 Å². The van der Waals surface area contributed by atoms with Crippen LogP contribution in [0.25, 0.3) is 0 Å². The third kappa shape index (κ3) is 6.57. The van der Waals surface area contributed by atoms with E-state index in [2.05, 4.69) is 24.5 Å². The fourth-order valence-electron chi connectivity index (χ4n) is 3.66. The van der Waals surface area contributed by atoms with E-state index in [4.69, 9.17) is 11.6 Å². The third-order valence-electron chi connectivity index (χ3n) is 5.67. The van der Waals surface area contributed by atoms with Crippen LogP contribution in [0.5, 0.6) is 0 Å². The molecular formula is C25H30ClN3O3. The summed E-state index contributed by atoms with van der Waals surface area (Å²) in [5.41, 5.74) is 1.68. The number of likely N-dealkylation sites (tertiary alicyclic amines) is 1. The van der Waals surface area contributed by atoms with Crippen LogP contribution >= 0.6 is 11.6 Å². The largest absolute Gasteiger partial charge is 0.356 e. The highest BCUT2D eigenvalue weighted by atomic mass is 35.5. The smallest absolute Gasteiger partial charge is 0.255 e. The lowest BCUT2D eigenvalue weighted by Gasteiger charge is -2.31. The van der Waals surface area contributed by atoms with Gasteiger partial charge in [0.2, 0.25) is 5.91 Å². The molecule has 1 saturated heterocycles. The van der Waals surface area contributed by atoms with Crippen molar-refractivity contribution in [2.24, 2.45) is 11.8 Å². The number of benzene rings is 2. The second kappa shape index (κ2) is 11.1. The van der Waals surface area contributed by atoms with E-state index in [1.165, 1.54) is 0 Å². The molecule has 0 bridgehead atoms. The van der Waals surface area contributed by atoms with Gasteiger partial charge in [0.05, 0.1) is 0 Å². The lowest BCUT2D eigenvalue weighted by molar-refractivity contribution is -0.126. The van der Waals surface area contributed by atoms with Crippen LogP contribution in [0.2, 0.25) is 5.02 Å². The summed E-state index contributed by atoms with van der Waals surface area (Å²) in [5, 5.41) is 6.40. The predicted octanol–water partition coefficient (Wildman–Crippen LogP) is 4.61. The predicted molar refractivity (Wildman–Crippen MR) is 127 cm³/mol. The molecule has 32 heavy (non-hydrogen) atoms. The zero-order valence-electron chi connectivity index (χ0n) is 18.6. The average molecular weight is 456 g/mol. The summed E-state index contributed by atoms with van der Waals surface area (Å²) in [4.78, 5) is 39.3. The van der Waals surface area contributed by atoms with Gasteiger partial charge in [-0.1, -0.05) is 25.4 Å². The van der Waals surface area contributed by atoms with Gasteiger partial charge < -0.3 is 15.5 Å². The fraction of sp³-hybridized carbons (Fsp3) is 0.400. The minimum absolute atomic E-state index is 0.0309. The maximum Gasteiger partial charge on any atom is 0.255 e. The van der Waals surface area contributed by atoms with Crippen LogP contribution in [-0.2, 0) is 4.79 Å². The summed E-state index contributed by atoms with van der Waals surface area (Å²) in [6, 6.07) is 13.5. The van der Waals surface area contributed by atoms with E-state index in [1.807, 2.05) is 0 Å². The Hall–Kier alpha value is -2.86. The maximum absolute atomic E-state index is 12.8. The van der Waals surface area contributed by atoms with Crippen LogP contribution in [0.1, 0.15) is 53.8 Å². The molecule has 2 aromatic carbocycles. The van der Waals surface area contributed by atoms with Gasteiger partial charge in [-0.15, -0.1) is 0 Å². The van der Waals surface area contributed by atoms with Crippen molar-refractivity contribution in [3.05, 3.63) is 64.7 Å². The number of halogens is 1. The highest BCUT2D eigenvalue weighted by molar-refractivity contribution is 6.30. The Labute approximate surface area is 194 Å². The minimum atomic E-state index is -0.241. The molecule has 6 nitrogen and oxygen atoms in total. The van der Waals surface area contributed by atoms with E-state index < -0.39 is 0 Å². The van der Waals surface area contributed by atoms with Crippen molar-refractivity contribution >= 4 is 35.0 Å². The fourth-order valence-corrected chi connectivity index (χ4v) is 3.78. The number of amides is 3. The van der Waals surface area contributed by atoms with Crippen LogP contribution in [0.4, 0.5) is 5.69 Å². The molecule has 2 aromatic rings. The molecule has 7 heteroatoms. The molecule has 0 radical (unpaired) electrons. The van der Waals surface area contributed by atoms with E-state index in [9.17, 15) is 14.4 Å². The number of nitrogens with zero attached hydrogens (tertiary/aromatic N) is 1. The Kier molecular flexibility index (Phi) is 8.28. The van der Waals surface area contributed by atoms with Crippen LogP contribution in [0, 0.1) is 11.8 Å². The van der Waals surface area contributed by atoms with Crippen molar-refractivity contribution in [3.8, 4) is 0 Å². The molecule has 1 fully saturated rings. The van der Waals surface area contributed by atoms with Gasteiger partial charge in [-0.25, -0.2) is 0 Å². The first-order valence-electron chi connectivity index (χ1n) is 11.1. The van der Waals surface area contributed by atoms with Gasteiger partial charge in [-0.3, -0.25) is 14.4 Å². The standard InChI is InChI=1S/C25H30ClN3O3/c1-17(2)11-14-27-23(30)19-12-15-29(16-13-19)25(32)20-5-9-22(10-6-20)28-24(31)18-3-7-21(26)8-4-18/h3-10,17,19H,11-16H2,1-2H3,(H,27,30)(H,28,31). The SMILES string of the molecule is CC(C)CCNC(=O)C1CCN(C(=O)c2ccc(NC(=O)c3ccc(Cl)cc3)cc2)CC1. The number of piperidine rings is 1. The third-order valence-corrected chi connectivity index (χ3v) is 5.92. The molecular weight excluding hydrogens is 426 g/mol. The monoisotopic (exact) mass is 455 g/mol. The van der Waals surface area contributed by atoms with Gasteiger partial charge in [-0.2, -0.15) is 0 Å². The van der Waals surface area contributed by atoms with Gasteiger partial charge in [-0.05, 0) is 73.7 Å². The molecule has 2 N–H and O–H groups in total. The zero-order valence-corrected chi connectivity index (χ0v) is 19.3. The first-order valence-corrected chi connectivity index (χ1v) is 11.4. The Morgan fingerprint density at radius 2 is 1.56 bits per heavy atom. The molecule has 1 heterocycles. The van der Waals surface area contributed by atoms with Gasteiger partial charge in [0.25, 0.3) is 11.8 Å². The van der Waals surface area contributed by atoms with Crippen LogP contribution < -0.4 is 10.6 Å². The molecule has 3 rings (SSSR count). The molecule has 0 saturated carbocycles. The van der Waals surface area contributed by atoms with Crippen molar-refractivity contribution < 1.29 is 14.4 Å². The molecule has 1 aliphatic heterocycles. The summed E-state index contributed by atoms with van der Waals surface area (Å²) in [5.74, 6) is 0.329. The lowest BCUT2D eigenvalue weighted by Crippen LogP contribution is -2.43. The van der Waals surface area contributed by atoms with E-state index in [0.29, 0.717) is 60.2 Å². The number of hydrogen-bond donors (Lipinski definition) is 2. The Balaban J connectivity index is 1.49. The van der Waals surface area contributed by atoms with Gasteiger partial charge in [0, 0.05) is 47.4 Å². The molecule has 0 aliphatic carbocycles. The summed E-state index contributed by atoms with van der Waals surface area (Å²) in [6.07, 6.45) is 2.32. The van der Waals surface area contributed by atoms with Crippen molar-refractivity contribution in [1.29, 1.82) is 0 Å². The number of carbonyl (C=O) groups is 3. The molecule has 1 aliphatic rings. The number of rotatable bonds is 7.